The van der Waals surface area contributed by atoms with Crippen molar-refractivity contribution in [3.05, 3.63) is 0 Å². The van der Waals surface area contributed by atoms with Gasteiger partial charge >= 0.3 is 0 Å². The third-order valence-electron chi connectivity index (χ3n) is 2.79. The molecule has 1 rings (SSSR count). The Kier molecular flexibility index (Phi) is 4.58. The predicted molar refractivity (Wildman–Crippen MR) is 51.6 cm³/mol. The van der Waals surface area contributed by atoms with Crippen molar-refractivity contribution in [2.45, 2.75) is 25.7 Å². The van der Waals surface area contributed by atoms with Crippen molar-refractivity contribution in [1.82, 2.24) is 10.7 Å². The lowest BCUT2D eigenvalue weighted by atomic mass is 9.81. The molecule has 2 atom stereocenters. The van der Waals surface area contributed by atoms with Gasteiger partial charge in [-0.3, -0.25) is 11.3 Å². The van der Waals surface area contributed by atoms with Gasteiger partial charge in [0.25, 0.3) is 0 Å². The average molecular weight is 171 g/mol. The number of hydrazine groups is 1. The molecule has 0 aromatic carbocycles. The second kappa shape index (κ2) is 5.51. The monoisotopic (exact) mass is 171 g/mol. The van der Waals surface area contributed by atoms with Crippen molar-refractivity contribution in [2.24, 2.45) is 17.7 Å². The van der Waals surface area contributed by atoms with Gasteiger partial charge in [-0.05, 0) is 44.7 Å². The summed E-state index contributed by atoms with van der Waals surface area (Å²) in [5, 5.41) is 3.25. The molecule has 3 nitrogen and oxygen atoms in total. The Hall–Kier alpha value is -0.120. The SMILES string of the molecule is CNCC1CCCC(CNN)C1. The fourth-order valence-electron chi connectivity index (χ4n) is 2.23. The number of nitrogens with one attached hydrogen (secondary N) is 2. The van der Waals surface area contributed by atoms with Crippen LogP contribution in [0.25, 0.3) is 0 Å². The zero-order valence-electron chi connectivity index (χ0n) is 7.97. The molecule has 1 aliphatic rings. The highest BCUT2D eigenvalue weighted by Crippen LogP contribution is 2.27. The standard InChI is InChI=1S/C9H21N3/c1-11-6-8-3-2-4-9(5-8)7-12-10/h8-9,11-12H,2-7,10H2,1H3. The quantitative estimate of drug-likeness (QED) is 0.426. The first-order chi connectivity index (χ1) is 5.86. The van der Waals surface area contributed by atoms with E-state index in [-0.39, 0.29) is 0 Å². The van der Waals surface area contributed by atoms with Gasteiger partial charge in [-0.15, -0.1) is 0 Å². The van der Waals surface area contributed by atoms with Crippen molar-refractivity contribution >= 4 is 0 Å². The van der Waals surface area contributed by atoms with Crippen LogP contribution in [-0.2, 0) is 0 Å². The fourth-order valence-corrected chi connectivity index (χ4v) is 2.23. The van der Waals surface area contributed by atoms with E-state index >= 15 is 0 Å². The van der Waals surface area contributed by atoms with E-state index in [1.807, 2.05) is 7.05 Å². The first kappa shape index (κ1) is 9.96. The van der Waals surface area contributed by atoms with Crippen LogP contribution >= 0.6 is 0 Å². The lowest BCUT2D eigenvalue weighted by Crippen LogP contribution is -2.33. The van der Waals surface area contributed by atoms with Gasteiger partial charge in [0.1, 0.15) is 0 Å². The molecule has 12 heavy (non-hydrogen) atoms. The highest BCUT2D eigenvalue weighted by atomic mass is 15.2. The van der Waals surface area contributed by atoms with Gasteiger partial charge in [0.2, 0.25) is 0 Å². The summed E-state index contributed by atoms with van der Waals surface area (Å²) in [6.45, 7) is 2.15. The minimum absolute atomic E-state index is 0.807. The summed E-state index contributed by atoms with van der Waals surface area (Å²) in [7, 11) is 2.03. The van der Waals surface area contributed by atoms with Crippen LogP contribution in [0.3, 0.4) is 0 Å². The summed E-state index contributed by atoms with van der Waals surface area (Å²) >= 11 is 0. The number of nitrogens with two attached hydrogens (primary N) is 1. The molecule has 0 aromatic heterocycles. The van der Waals surface area contributed by atoms with E-state index in [1.54, 1.807) is 0 Å². The number of hydrogen-bond acceptors (Lipinski definition) is 3. The average Bonchev–Trinajstić information content (AvgIpc) is 2.06. The normalized spacial score (nSPS) is 30.5. The van der Waals surface area contributed by atoms with Crippen molar-refractivity contribution in [3.63, 3.8) is 0 Å². The van der Waals surface area contributed by atoms with E-state index in [4.69, 9.17) is 5.84 Å². The van der Waals surface area contributed by atoms with E-state index in [0.29, 0.717) is 0 Å². The van der Waals surface area contributed by atoms with Gasteiger partial charge in [0, 0.05) is 6.54 Å². The van der Waals surface area contributed by atoms with E-state index < -0.39 is 0 Å². The third kappa shape index (κ3) is 3.09. The number of hydrogen-bond donors (Lipinski definition) is 3. The number of rotatable bonds is 4. The summed E-state index contributed by atoms with van der Waals surface area (Å²) in [5.74, 6) is 7.00. The topological polar surface area (TPSA) is 50.1 Å². The second-order valence-electron chi connectivity index (χ2n) is 3.86. The van der Waals surface area contributed by atoms with E-state index in [2.05, 4.69) is 10.7 Å². The van der Waals surface area contributed by atoms with Crippen LogP contribution in [0.2, 0.25) is 0 Å². The van der Waals surface area contributed by atoms with Gasteiger partial charge < -0.3 is 5.32 Å². The van der Waals surface area contributed by atoms with Crippen LogP contribution in [-0.4, -0.2) is 20.1 Å². The molecule has 1 saturated carbocycles. The van der Waals surface area contributed by atoms with Gasteiger partial charge in [0.05, 0.1) is 0 Å². The highest BCUT2D eigenvalue weighted by Gasteiger charge is 2.20. The van der Waals surface area contributed by atoms with E-state index in [0.717, 1.165) is 18.4 Å². The molecule has 0 bridgehead atoms. The fraction of sp³-hybridized carbons (Fsp3) is 1.00. The molecule has 0 aliphatic heterocycles. The molecular weight excluding hydrogens is 150 g/mol. The zero-order chi connectivity index (χ0) is 8.81. The summed E-state index contributed by atoms with van der Waals surface area (Å²) in [6, 6.07) is 0. The molecule has 0 aromatic rings. The van der Waals surface area contributed by atoms with Gasteiger partial charge in [-0.1, -0.05) is 6.42 Å². The first-order valence-corrected chi connectivity index (χ1v) is 4.95. The molecule has 0 heterocycles. The first-order valence-electron chi connectivity index (χ1n) is 4.95. The summed E-state index contributed by atoms with van der Waals surface area (Å²) < 4.78 is 0. The molecule has 1 aliphatic carbocycles. The third-order valence-corrected chi connectivity index (χ3v) is 2.79. The largest absolute Gasteiger partial charge is 0.319 e. The molecule has 1 fully saturated rings. The Bertz CT molecular complexity index is 100. The minimum atomic E-state index is 0.807. The molecule has 0 saturated heterocycles. The lowest BCUT2D eigenvalue weighted by molar-refractivity contribution is 0.257. The highest BCUT2D eigenvalue weighted by molar-refractivity contribution is 4.74. The Labute approximate surface area is 75.1 Å². The van der Waals surface area contributed by atoms with Crippen LogP contribution in [0.15, 0.2) is 0 Å². The molecule has 2 unspecified atom stereocenters. The van der Waals surface area contributed by atoms with Crippen LogP contribution in [0.5, 0.6) is 0 Å². The maximum Gasteiger partial charge on any atom is 0.0126 e. The van der Waals surface area contributed by atoms with Gasteiger partial charge in [0.15, 0.2) is 0 Å². The van der Waals surface area contributed by atoms with Gasteiger partial charge in [-0.25, -0.2) is 0 Å². The Morgan fingerprint density at radius 2 is 1.92 bits per heavy atom. The smallest absolute Gasteiger partial charge is 0.0126 e. The molecular formula is C9H21N3. The van der Waals surface area contributed by atoms with E-state index in [1.165, 1.54) is 32.2 Å². The molecule has 0 radical (unpaired) electrons. The van der Waals surface area contributed by atoms with Crippen molar-refractivity contribution in [3.8, 4) is 0 Å². The second-order valence-corrected chi connectivity index (χ2v) is 3.86. The molecule has 4 N–H and O–H groups in total. The lowest BCUT2D eigenvalue weighted by Gasteiger charge is -2.28. The summed E-state index contributed by atoms with van der Waals surface area (Å²) in [4.78, 5) is 0. The van der Waals surface area contributed by atoms with Crippen LogP contribution < -0.4 is 16.6 Å². The maximum atomic E-state index is 5.31. The van der Waals surface area contributed by atoms with Gasteiger partial charge in [-0.2, -0.15) is 0 Å². The Morgan fingerprint density at radius 3 is 2.50 bits per heavy atom. The minimum Gasteiger partial charge on any atom is -0.319 e. The molecule has 0 spiro atoms. The molecule has 0 amide bonds. The van der Waals surface area contributed by atoms with Crippen molar-refractivity contribution in [1.29, 1.82) is 0 Å². The summed E-state index contributed by atoms with van der Waals surface area (Å²) in [6.07, 6.45) is 5.45. The Balaban J connectivity index is 2.20. The van der Waals surface area contributed by atoms with Crippen LogP contribution in [0.1, 0.15) is 25.7 Å². The van der Waals surface area contributed by atoms with E-state index in [9.17, 15) is 0 Å². The Morgan fingerprint density at radius 1 is 1.25 bits per heavy atom. The van der Waals surface area contributed by atoms with Crippen LogP contribution in [0.4, 0.5) is 0 Å². The van der Waals surface area contributed by atoms with Crippen molar-refractivity contribution in [2.75, 3.05) is 20.1 Å². The van der Waals surface area contributed by atoms with Crippen LogP contribution in [0, 0.1) is 11.8 Å². The molecule has 72 valence electrons. The maximum absolute atomic E-state index is 5.31. The molecule has 3 heteroatoms. The predicted octanol–water partition coefficient (Wildman–Crippen LogP) is 0.476. The van der Waals surface area contributed by atoms with Crippen molar-refractivity contribution < 1.29 is 0 Å². The zero-order valence-corrected chi connectivity index (χ0v) is 7.97. The summed E-state index contributed by atoms with van der Waals surface area (Å²) in [5.41, 5.74) is 2.78.